The van der Waals surface area contributed by atoms with E-state index in [4.69, 9.17) is 23.2 Å². The van der Waals surface area contributed by atoms with Crippen LogP contribution in [0.3, 0.4) is 0 Å². The van der Waals surface area contributed by atoms with E-state index >= 15 is 0 Å². The van der Waals surface area contributed by atoms with Crippen molar-refractivity contribution in [1.29, 1.82) is 0 Å². The first-order chi connectivity index (χ1) is 7.66. The summed E-state index contributed by atoms with van der Waals surface area (Å²) in [7, 11) is 0. The lowest BCUT2D eigenvalue weighted by Gasteiger charge is -2.08. The number of nitrogens with zero attached hydrogens (tertiary/aromatic N) is 2. The summed E-state index contributed by atoms with van der Waals surface area (Å²) in [6.07, 6.45) is 2.45. The van der Waals surface area contributed by atoms with E-state index in [1.165, 1.54) is 12.8 Å². The highest BCUT2D eigenvalue weighted by atomic mass is 35.5. The first-order valence-electron chi connectivity index (χ1n) is 5.48. The minimum absolute atomic E-state index is 0.0632. The Labute approximate surface area is 104 Å². The zero-order chi connectivity index (χ0) is 11.3. The van der Waals surface area contributed by atoms with E-state index in [1.54, 1.807) is 0 Å². The van der Waals surface area contributed by atoms with Crippen LogP contribution in [0.2, 0.25) is 5.02 Å². The van der Waals surface area contributed by atoms with Gasteiger partial charge in [-0.25, -0.2) is 4.98 Å². The van der Waals surface area contributed by atoms with Crippen molar-refractivity contribution >= 4 is 34.2 Å². The van der Waals surface area contributed by atoms with E-state index in [-0.39, 0.29) is 5.38 Å². The van der Waals surface area contributed by atoms with Crippen molar-refractivity contribution in [2.75, 3.05) is 0 Å². The first kappa shape index (κ1) is 10.4. The molecule has 0 bridgehead atoms. The number of aromatic nitrogens is 2. The predicted octanol–water partition coefficient (Wildman–Crippen LogP) is 4.32. The van der Waals surface area contributed by atoms with Crippen LogP contribution in [0.1, 0.15) is 37.0 Å². The molecule has 0 N–H and O–H groups in total. The van der Waals surface area contributed by atoms with Crippen molar-refractivity contribution in [2.24, 2.45) is 0 Å². The Morgan fingerprint density at radius 1 is 1.44 bits per heavy atom. The lowest BCUT2D eigenvalue weighted by atomic mass is 10.3. The summed E-state index contributed by atoms with van der Waals surface area (Å²) >= 11 is 12.1. The lowest BCUT2D eigenvalue weighted by molar-refractivity contribution is 0.700. The standard InChI is InChI=1S/C12H12Cl2N2/c1-7(13)12-15-10-6-8(14)2-5-11(10)16(12)9-3-4-9/h2,5-7,9H,3-4H2,1H3. The maximum atomic E-state index is 6.18. The summed E-state index contributed by atoms with van der Waals surface area (Å²) in [4.78, 5) is 4.58. The molecule has 3 rings (SSSR count). The fourth-order valence-corrected chi connectivity index (χ4v) is 2.41. The average molecular weight is 255 g/mol. The lowest BCUT2D eigenvalue weighted by Crippen LogP contribution is -2.01. The molecule has 1 heterocycles. The molecule has 0 spiro atoms. The van der Waals surface area contributed by atoms with E-state index in [9.17, 15) is 0 Å². The number of imidazole rings is 1. The molecule has 1 atom stereocenters. The molecule has 0 saturated heterocycles. The summed E-state index contributed by atoms with van der Waals surface area (Å²) in [5.41, 5.74) is 2.09. The number of rotatable bonds is 2. The third-order valence-electron chi connectivity index (χ3n) is 2.95. The number of halogens is 2. The van der Waals surface area contributed by atoms with Gasteiger partial charge in [0.25, 0.3) is 0 Å². The zero-order valence-electron chi connectivity index (χ0n) is 8.95. The number of hydrogen-bond donors (Lipinski definition) is 0. The van der Waals surface area contributed by atoms with E-state index < -0.39 is 0 Å². The molecular formula is C12H12Cl2N2. The van der Waals surface area contributed by atoms with Crippen LogP contribution in [0.25, 0.3) is 11.0 Å². The van der Waals surface area contributed by atoms with Crippen molar-refractivity contribution in [3.63, 3.8) is 0 Å². The summed E-state index contributed by atoms with van der Waals surface area (Å²) < 4.78 is 2.27. The summed E-state index contributed by atoms with van der Waals surface area (Å²) in [5.74, 6) is 0.960. The van der Waals surface area contributed by atoms with Crippen molar-refractivity contribution < 1.29 is 0 Å². The van der Waals surface area contributed by atoms with Crippen LogP contribution in [-0.4, -0.2) is 9.55 Å². The van der Waals surface area contributed by atoms with Gasteiger partial charge < -0.3 is 4.57 Å². The number of hydrogen-bond acceptors (Lipinski definition) is 1. The van der Waals surface area contributed by atoms with Gasteiger partial charge in [0, 0.05) is 11.1 Å². The fraction of sp³-hybridized carbons (Fsp3) is 0.417. The molecule has 0 amide bonds. The third kappa shape index (κ3) is 1.61. The second-order valence-corrected chi connectivity index (χ2v) is 5.41. The van der Waals surface area contributed by atoms with Crippen LogP contribution in [0, 0.1) is 0 Å². The topological polar surface area (TPSA) is 17.8 Å². The Morgan fingerprint density at radius 2 is 2.19 bits per heavy atom. The van der Waals surface area contributed by atoms with E-state index in [0.717, 1.165) is 21.9 Å². The van der Waals surface area contributed by atoms with E-state index in [0.29, 0.717) is 6.04 Å². The Bertz CT molecular complexity index is 541. The van der Waals surface area contributed by atoms with Crippen LogP contribution in [0.15, 0.2) is 18.2 Å². The molecule has 2 nitrogen and oxygen atoms in total. The van der Waals surface area contributed by atoms with Gasteiger partial charge >= 0.3 is 0 Å². The van der Waals surface area contributed by atoms with Gasteiger partial charge in [0.05, 0.1) is 16.4 Å². The second-order valence-electron chi connectivity index (χ2n) is 4.32. The monoisotopic (exact) mass is 254 g/mol. The summed E-state index contributed by atoms with van der Waals surface area (Å²) in [5, 5.41) is 0.661. The molecule has 1 fully saturated rings. The third-order valence-corrected chi connectivity index (χ3v) is 3.38. The van der Waals surface area contributed by atoms with Crippen LogP contribution in [0.5, 0.6) is 0 Å². The molecule has 16 heavy (non-hydrogen) atoms. The van der Waals surface area contributed by atoms with Crippen LogP contribution in [-0.2, 0) is 0 Å². The van der Waals surface area contributed by atoms with Gasteiger partial charge in [-0.15, -0.1) is 11.6 Å². The molecule has 0 aliphatic heterocycles. The van der Waals surface area contributed by atoms with Crippen molar-refractivity contribution in [3.8, 4) is 0 Å². The van der Waals surface area contributed by atoms with Crippen molar-refractivity contribution in [3.05, 3.63) is 29.0 Å². The molecule has 1 aliphatic carbocycles. The van der Waals surface area contributed by atoms with Gasteiger partial charge in [0.2, 0.25) is 0 Å². The van der Waals surface area contributed by atoms with Gasteiger partial charge in [-0.2, -0.15) is 0 Å². The molecule has 1 aromatic carbocycles. The first-order valence-corrected chi connectivity index (χ1v) is 6.29. The Kier molecular flexibility index (Phi) is 2.37. The highest BCUT2D eigenvalue weighted by Gasteiger charge is 2.29. The number of alkyl halides is 1. The molecule has 84 valence electrons. The molecule has 2 aromatic rings. The van der Waals surface area contributed by atoms with E-state index in [1.807, 2.05) is 25.1 Å². The molecular weight excluding hydrogens is 243 g/mol. The minimum atomic E-state index is -0.0632. The van der Waals surface area contributed by atoms with Crippen molar-refractivity contribution in [1.82, 2.24) is 9.55 Å². The molecule has 1 unspecified atom stereocenters. The smallest absolute Gasteiger partial charge is 0.127 e. The van der Waals surface area contributed by atoms with Crippen LogP contribution >= 0.6 is 23.2 Å². The second kappa shape index (κ2) is 3.64. The SMILES string of the molecule is CC(Cl)c1nc2cc(Cl)ccc2n1C1CC1. The summed E-state index contributed by atoms with van der Waals surface area (Å²) in [6.45, 7) is 1.96. The van der Waals surface area contributed by atoms with Crippen molar-refractivity contribution in [2.45, 2.75) is 31.2 Å². The molecule has 4 heteroatoms. The van der Waals surface area contributed by atoms with Gasteiger partial charge in [-0.3, -0.25) is 0 Å². The minimum Gasteiger partial charge on any atom is -0.324 e. The van der Waals surface area contributed by atoms with Gasteiger partial charge in [-0.05, 0) is 38.0 Å². The number of fused-ring (bicyclic) bond motifs is 1. The maximum absolute atomic E-state index is 6.18. The number of benzene rings is 1. The molecule has 1 aromatic heterocycles. The average Bonchev–Trinajstić information content (AvgIpc) is 2.99. The predicted molar refractivity (Wildman–Crippen MR) is 67.3 cm³/mol. The quantitative estimate of drug-likeness (QED) is 0.730. The van der Waals surface area contributed by atoms with Crippen LogP contribution in [0.4, 0.5) is 0 Å². The van der Waals surface area contributed by atoms with E-state index in [2.05, 4.69) is 9.55 Å². The largest absolute Gasteiger partial charge is 0.324 e. The Morgan fingerprint density at radius 3 is 2.81 bits per heavy atom. The fourth-order valence-electron chi connectivity index (χ4n) is 2.09. The van der Waals surface area contributed by atoms with Crippen LogP contribution < -0.4 is 0 Å². The summed E-state index contributed by atoms with van der Waals surface area (Å²) in [6, 6.07) is 6.43. The zero-order valence-corrected chi connectivity index (χ0v) is 10.5. The molecule has 1 aliphatic rings. The highest BCUT2D eigenvalue weighted by Crippen LogP contribution is 2.41. The maximum Gasteiger partial charge on any atom is 0.127 e. The Hall–Kier alpha value is -0.730. The molecule has 1 saturated carbocycles. The molecule has 0 radical (unpaired) electrons. The normalized spacial score (nSPS) is 17.9. The Balaban J connectivity index is 2.28. The van der Waals surface area contributed by atoms with Gasteiger partial charge in [0.15, 0.2) is 0 Å². The van der Waals surface area contributed by atoms with Gasteiger partial charge in [-0.1, -0.05) is 11.6 Å². The van der Waals surface area contributed by atoms with Gasteiger partial charge in [0.1, 0.15) is 5.82 Å². The highest BCUT2D eigenvalue weighted by molar-refractivity contribution is 6.31.